The summed E-state index contributed by atoms with van der Waals surface area (Å²) in [6.45, 7) is 10.1. The van der Waals surface area contributed by atoms with Crippen molar-refractivity contribution in [3.05, 3.63) is 35.4 Å². The van der Waals surface area contributed by atoms with Gasteiger partial charge in [0.15, 0.2) is 0 Å². The summed E-state index contributed by atoms with van der Waals surface area (Å²) in [5.74, 6) is 1.16. The molecule has 0 aliphatic carbocycles. The van der Waals surface area contributed by atoms with Gasteiger partial charge in [-0.1, -0.05) is 58.4 Å². The predicted octanol–water partition coefficient (Wildman–Crippen LogP) is 4.82. The molecule has 1 aromatic rings. The molecule has 0 saturated carbocycles. The average molecular weight is 279 g/mol. The number of benzene rings is 1. The van der Waals surface area contributed by atoms with Crippen LogP contribution in [0.4, 0.5) is 0 Å². The number of nitrogens with one attached hydrogen (secondary N) is 1. The van der Waals surface area contributed by atoms with Crippen LogP contribution in [-0.4, -0.2) is 17.5 Å². The van der Waals surface area contributed by atoms with Crippen molar-refractivity contribution < 1.29 is 0 Å². The summed E-state index contributed by atoms with van der Waals surface area (Å²) in [6, 6.07) is 9.61. The molecule has 1 rings (SSSR count). The lowest BCUT2D eigenvalue weighted by Gasteiger charge is -2.20. The van der Waals surface area contributed by atoms with E-state index in [1.807, 2.05) is 11.8 Å². The van der Waals surface area contributed by atoms with E-state index in [0.717, 1.165) is 12.3 Å². The first-order chi connectivity index (χ1) is 9.17. The molecule has 0 fully saturated rings. The van der Waals surface area contributed by atoms with Gasteiger partial charge in [0.05, 0.1) is 0 Å². The number of hydrogen-bond acceptors (Lipinski definition) is 2. The van der Waals surface area contributed by atoms with Gasteiger partial charge in [0, 0.05) is 11.8 Å². The van der Waals surface area contributed by atoms with E-state index < -0.39 is 0 Å². The van der Waals surface area contributed by atoms with E-state index in [1.165, 1.54) is 30.4 Å². The second-order valence-electron chi connectivity index (χ2n) is 5.38. The minimum atomic E-state index is 0.490. The molecule has 0 saturated heterocycles. The molecule has 108 valence electrons. The predicted molar refractivity (Wildman–Crippen MR) is 89.1 cm³/mol. The zero-order valence-electron chi connectivity index (χ0n) is 12.9. The van der Waals surface area contributed by atoms with E-state index in [-0.39, 0.29) is 0 Å². The maximum atomic E-state index is 3.69. The van der Waals surface area contributed by atoms with Crippen LogP contribution in [-0.2, 0) is 6.42 Å². The lowest BCUT2D eigenvalue weighted by Crippen LogP contribution is -2.24. The summed E-state index contributed by atoms with van der Waals surface area (Å²) >= 11 is 2.04. The van der Waals surface area contributed by atoms with Crippen LogP contribution in [0.25, 0.3) is 0 Å². The summed E-state index contributed by atoms with van der Waals surface area (Å²) in [4.78, 5) is 0. The Morgan fingerprint density at radius 3 is 2.58 bits per heavy atom. The minimum Gasteiger partial charge on any atom is -0.309 e. The average Bonchev–Trinajstić information content (AvgIpc) is 2.39. The van der Waals surface area contributed by atoms with Crippen molar-refractivity contribution in [2.45, 2.75) is 58.2 Å². The first-order valence-electron chi connectivity index (χ1n) is 7.61. The Hall–Kier alpha value is -0.470. The Labute approximate surface area is 123 Å². The fourth-order valence-electron chi connectivity index (χ4n) is 2.13. The lowest BCUT2D eigenvalue weighted by molar-refractivity contribution is 0.576. The minimum absolute atomic E-state index is 0.490. The van der Waals surface area contributed by atoms with Gasteiger partial charge >= 0.3 is 0 Å². The normalized spacial score (nSPS) is 12.9. The van der Waals surface area contributed by atoms with Crippen molar-refractivity contribution in [2.24, 2.45) is 0 Å². The van der Waals surface area contributed by atoms with Crippen molar-refractivity contribution >= 4 is 11.8 Å². The molecule has 2 heteroatoms. The van der Waals surface area contributed by atoms with E-state index in [4.69, 9.17) is 0 Å². The first-order valence-corrected chi connectivity index (χ1v) is 8.66. The third-order valence-electron chi connectivity index (χ3n) is 3.13. The topological polar surface area (TPSA) is 12.0 Å². The number of rotatable bonds is 9. The van der Waals surface area contributed by atoms with Crippen molar-refractivity contribution in [2.75, 3.05) is 12.3 Å². The molecule has 0 aliphatic rings. The van der Waals surface area contributed by atoms with E-state index >= 15 is 0 Å². The van der Waals surface area contributed by atoms with Crippen LogP contribution >= 0.6 is 11.8 Å². The van der Waals surface area contributed by atoms with E-state index in [9.17, 15) is 0 Å². The number of hydrogen-bond donors (Lipinski definition) is 1. The molecule has 1 nitrogen and oxygen atoms in total. The molecule has 0 spiro atoms. The molecular formula is C17H29NS. The Morgan fingerprint density at radius 2 is 1.95 bits per heavy atom. The summed E-state index contributed by atoms with van der Waals surface area (Å²) < 4.78 is 0. The summed E-state index contributed by atoms with van der Waals surface area (Å²) in [5, 5.41) is 4.39. The highest BCUT2D eigenvalue weighted by Crippen LogP contribution is 2.22. The summed E-state index contributed by atoms with van der Waals surface area (Å²) in [5.41, 5.74) is 2.92. The molecule has 0 radical (unpaired) electrons. The molecule has 0 aliphatic heterocycles. The highest BCUT2D eigenvalue weighted by atomic mass is 32.2. The SMILES string of the molecule is CCCNC(CSC(C)C)c1cccc(CCC)c1. The Bertz CT molecular complexity index is 349. The van der Waals surface area contributed by atoms with E-state index in [0.29, 0.717) is 11.3 Å². The second kappa shape index (κ2) is 9.44. The van der Waals surface area contributed by atoms with Gasteiger partial charge in [-0.3, -0.25) is 0 Å². The van der Waals surface area contributed by atoms with Gasteiger partial charge in [0.25, 0.3) is 0 Å². The van der Waals surface area contributed by atoms with E-state index in [1.54, 1.807) is 0 Å². The fourth-order valence-corrected chi connectivity index (χ4v) is 3.02. The molecule has 1 atom stereocenters. The monoisotopic (exact) mass is 279 g/mol. The molecule has 0 amide bonds. The van der Waals surface area contributed by atoms with Crippen molar-refractivity contribution in [1.82, 2.24) is 5.32 Å². The number of aryl methyl sites for hydroxylation is 1. The van der Waals surface area contributed by atoms with Crippen molar-refractivity contribution in [3.8, 4) is 0 Å². The Morgan fingerprint density at radius 1 is 1.16 bits per heavy atom. The van der Waals surface area contributed by atoms with Crippen LogP contribution in [0.3, 0.4) is 0 Å². The molecule has 0 aromatic heterocycles. The van der Waals surface area contributed by atoms with Gasteiger partial charge in [-0.25, -0.2) is 0 Å². The van der Waals surface area contributed by atoms with Gasteiger partial charge in [0.2, 0.25) is 0 Å². The second-order valence-corrected chi connectivity index (χ2v) is 6.99. The third-order valence-corrected chi connectivity index (χ3v) is 4.32. The van der Waals surface area contributed by atoms with Crippen LogP contribution in [0.1, 0.15) is 57.7 Å². The smallest absolute Gasteiger partial charge is 0.0412 e. The van der Waals surface area contributed by atoms with Crippen LogP contribution in [0.2, 0.25) is 0 Å². The van der Waals surface area contributed by atoms with Crippen molar-refractivity contribution in [3.63, 3.8) is 0 Å². The zero-order valence-corrected chi connectivity index (χ0v) is 13.7. The Balaban J connectivity index is 2.73. The van der Waals surface area contributed by atoms with Gasteiger partial charge in [-0.2, -0.15) is 11.8 Å². The molecule has 0 bridgehead atoms. The van der Waals surface area contributed by atoms with Gasteiger partial charge in [0.1, 0.15) is 0 Å². The molecule has 0 heterocycles. The number of thioether (sulfide) groups is 1. The standard InChI is InChI=1S/C17H29NS/c1-5-8-15-9-7-10-16(12-15)17(18-11-6-2)13-19-14(3)4/h7,9-10,12,14,17-18H,5-6,8,11,13H2,1-4H3. The zero-order chi connectivity index (χ0) is 14.1. The van der Waals surface area contributed by atoms with E-state index in [2.05, 4.69) is 57.3 Å². The highest BCUT2D eigenvalue weighted by molar-refractivity contribution is 7.99. The molecule has 1 unspecified atom stereocenters. The summed E-state index contributed by atoms with van der Waals surface area (Å²) in [7, 11) is 0. The van der Waals surface area contributed by atoms with Crippen LogP contribution in [0, 0.1) is 0 Å². The summed E-state index contributed by atoms with van der Waals surface area (Å²) in [6.07, 6.45) is 3.60. The lowest BCUT2D eigenvalue weighted by atomic mass is 10.0. The van der Waals surface area contributed by atoms with Crippen molar-refractivity contribution in [1.29, 1.82) is 0 Å². The molecular weight excluding hydrogens is 250 g/mol. The fraction of sp³-hybridized carbons (Fsp3) is 0.647. The largest absolute Gasteiger partial charge is 0.309 e. The van der Waals surface area contributed by atoms with Crippen LogP contribution < -0.4 is 5.32 Å². The molecule has 1 aromatic carbocycles. The third kappa shape index (κ3) is 6.49. The maximum Gasteiger partial charge on any atom is 0.0412 e. The quantitative estimate of drug-likeness (QED) is 0.695. The Kier molecular flexibility index (Phi) is 8.24. The van der Waals surface area contributed by atoms with Crippen LogP contribution in [0.15, 0.2) is 24.3 Å². The maximum absolute atomic E-state index is 3.69. The molecule has 19 heavy (non-hydrogen) atoms. The highest BCUT2D eigenvalue weighted by Gasteiger charge is 2.12. The van der Waals surface area contributed by atoms with Crippen LogP contribution in [0.5, 0.6) is 0 Å². The first kappa shape index (κ1) is 16.6. The molecule has 1 N–H and O–H groups in total. The van der Waals surface area contributed by atoms with Gasteiger partial charge < -0.3 is 5.32 Å². The van der Waals surface area contributed by atoms with Gasteiger partial charge in [-0.15, -0.1) is 0 Å². The van der Waals surface area contributed by atoms with Gasteiger partial charge in [-0.05, 0) is 35.8 Å².